The molecule has 0 aliphatic heterocycles. The largest absolute Gasteiger partial charge is 0.397 e. The summed E-state index contributed by atoms with van der Waals surface area (Å²) in [6, 6.07) is 1.73. The summed E-state index contributed by atoms with van der Waals surface area (Å²) < 4.78 is 0. The lowest BCUT2D eigenvalue weighted by Crippen LogP contribution is -2.23. The molecule has 1 heterocycles. The van der Waals surface area contributed by atoms with E-state index in [4.69, 9.17) is 5.73 Å². The van der Waals surface area contributed by atoms with E-state index < -0.39 is 0 Å². The molecule has 0 aromatic carbocycles. The summed E-state index contributed by atoms with van der Waals surface area (Å²) >= 11 is 1.35. The summed E-state index contributed by atoms with van der Waals surface area (Å²) in [6.45, 7) is 2.34. The molecule has 1 aromatic heterocycles. The van der Waals surface area contributed by atoms with Gasteiger partial charge in [0.2, 0.25) is 0 Å². The molecule has 0 spiro atoms. The van der Waals surface area contributed by atoms with Gasteiger partial charge in [-0.25, -0.2) is 0 Å². The van der Waals surface area contributed by atoms with Gasteiger partial charge in [0.15, 0.2) is 0 Å². The Morgan fingerprint density at radius 3 is 3.07 bits per heavy atom. The summed E-state index contributed by atoms with van der Waals surface area (Å²) in [5, 5.41) is 4.55. The average molecular weight is 208 g/mol. The highest BCUT2D eigenvalue weighted by Gasteiger charge is 2.09. The molecule has 74 valence electrons. The van der Waals surface area contributed by atoms with E-state index in [1.807, 2.05) is 0 Å². The van der Waals surface area contributed by atoms with Crippen LogP contribution in [-0.4, -0.2) is 12.5 Å². The van der Waals surface area contributed by atoms with Gasteiger partial charge < -0.3 is 11.1 Å². The van der Waals surface area contributed by atoms with Gasteiger partial charge in [-0.1, -0.05) is 0 Å². The van der Waals surface area contributed by atoms with Crippen LogP contribution in [-0.2, 0) is 0 Å². The highest BCUT2D eigenvalue weighted by Crippen LogP contribution is 2.17. The third-order valence-electron chi connectivity index (χ3n) is 1.61. The Kier molecular flexibility index (Phi) is 4.02. The van der Waals surface area contributed by atoms with Gasteiger partial charge in [-0.15, -0.1) is 23.2 Å². The van der Waals surface area contributed by atoms with Gasteiger partial charge in [0.25, 0.3) is 5.91 Å². The Hall–Kier alpha value is -1.47. The summed E-state index contributed by atoms with van der Waals surface area (Å²) in [5.74, 6) is 5.52. The second-order valence-corrected chi connectivity index (χ2v) is 3.55. The minimum absolute atomic E-state index is 0.115. The number of amides is 1. The van der Waals surface area contributed by atoms with Crippen LogP contribution in [0.1, 0.15) is 23.0 Å². The van der Waals surface area contributed by atoms with E-state index in [1.54, 1.807) is 18.4 Å². The smallest absolute Gasteiger partial charge is 0.263 e. The zero-order valence-electron chi connectivity index (χ0n) is 7.96. The highest BCUT2D eigenvalue weighted by molar-refractivity contribution is 7.12. The monoisotopic (exact) mass is 208 g/mol. The van der Waals surface area contributed by atoms with E-state index in [0.29, 0.717) is 23.5 Å². The predicted molar refractivity (Wildman–Crippen MR) is 59.1 cm³/mol. The minimum Gasteiger partial charge on any atom is -0.397 e. The van der Waals surface area contributed by atoms with Crippen molar-refractivity contribution >= 4 is 22.9 Å². The molecular formula is C10H12N2OS. The van der Waals surface area contributed by atoms with Crippen LogP contribution in [0.2, 0.25) is 0 Å². The maximum Gasteiger partial charge on any atom is 0.263 e. The number of anilines is 1. The molecule has 4 heteroatoms. The summed E-state index contributed by atoms with van der Waals surface area (Å²) in [6.07, 6.45) is 0.674. The Labute approximate surface area is 87.3 Å². The molecule has 0 atom stereocenters. The molecule has 0 saturated carbocycles. The standard InChI is InChI=1S/C10H12N2OS/c1-2-3-4-6-12-10(13)9-8(11)5-7-14-9/h5,7H,4,6,11H2,1H3,(H,12,13). The fourth-order valence-corrected chi connectivity index (χ4v) is 1.68. The van der Waals surface area contributed by atoms with Crippen LogP contribution < -0.4 is 11.1 Å². The highest BCUT2D eigenvalue weighted by atomic mass is 32.1. The van der Waals surface area contributed by atoms with Crippen molar-refractivity contribution in [3.05, 3.63) is 16.3 Å². The summed E-state index contributed by atoms with van der Waals surface area (Å²) in [4.78, 5) is 12.0. The third-order valence-corrected chi connectivity index (χ3v) is 2.54. The number of hydrogen-bond acceptors (Lipinski definition) is 3. The molecule has 14 heavy (non-hydrogen) atoms. The van der Waals surface area contributed by atoms with Crippen LogP contribution in [0.4, 0.5) is 5.69 Å². The number of nitrogens with one attached hydrogen (secondary N) is 1. The van der Waals surface area contributed by atoms with Crippen LogP contribution in [0.3, 0.4) is 0 Å². The van der Waals surface area contributed by atoms with Gasteiger partial charge in [0.1, 0.15) is 4.88 Å². The van der Waals surface area contributed by atoms with Crippen molar-refractivity contribution in [2.75, 3.05) is 12.3 Å². The van der Waals surface area contributed by atoms with Crippen molar-refractivity contribution in [3.8, 4) is 11.8 Å². The van der Waals surface area contributed by atoms with E-state index in [0.717, 1.165) is 0 Å². The van der Waals surface area contributed by atoms with Gasteiger partial charge in [0.05, 0.1) is 5.69 Å². The minimum atomic E-state index is -0.115. The second kappa shape index (κ2) is 5.30. The number of rotatable bonds is 3. The lowest BCUT2D eigenvalue weighted by Gasteiger charge is -2.00. The predicted octanol–water partition coefficient (Wildman–Crippen LogP) is 1.47. The zero-order chi connectivity index (χ0) is 10.4. The fraction of sp³-hybridized carbons (Fsp3) is 0.300. The van der Waals surface area contributed by atoms with Gasteiger partial charge >= 0.3 is 0 Å². The Balaban J connectivity index is 2.42. The van der Waals surface area contributed by atoms with E-state index in [2.05, 4.69) is 17.2 Å². The van der Waals surface area contributed by atoms with Gasteiger partial charge in [-0.05, 0) is 18.4 Å². The molecule has 3 N–H and O–H groups in total. The number of carbonyl (C=O) groups excluding carboxylic acids is 1. The topological polar surface area (TPSA) is 55.1 Å². The van der Waals surface area contributed by atoms with E-state index in [9.17, 15) is 4.79 Å². The normalized spacial score (nSPS) is 8.93. The van der Waals surface area contributed by atoms with E-state index >= 15 is 0 Å². The molecule has 1 aromatic rings. The van der Waals surface area contributed by atoms with Crippen LogP contribution in [0.25, 0.3) is 0 Å². The Bertz CT molecular complexity index is 373. The molecule has 3 nitrogen and oxygen atoms in total. The number of nitrogen functional groups attached to an aromatic ring is 1. The van der Waals surface area contributed by atoms with Gasteiger partial charge in [-0.2, -0.15) is 0 Å². The molecule has 0 aliphatic rings. The first kappa shape index (κ1) is 10.6. The average Bonchev–Trinajstić information content (AvgIpc) is 2.59. The molecular weight excluding hydrogens is 196 g/mol. The molecule has 1 rings (SSSR count). The van der Waals surface area contributed by atoms with E-state index in [-0.39, 0.29) is 5.91 Å². The SMILES string of the molecule is CC#CCCNC(=O)c1sccc1N. The van der Waals surface area contributed by atoms with Crippen LogP contribution >= 0.6 is 11.3 Å². The lowest BCUT2D eigenvalue weighted by molar-refractivity contribution is 0.0959. The van der Waals surface area contributed by atoms with Gasteiger partial charge in [0, 0.05) is 13.0 Å². The van der Waals surface area contributed by atoms with Crippen molar-refractivity contribution in [2.24, 2.45) is 0 Å². The lowest BCUT2D eigenvalue weighted by atomic mass is 10.3. The molecule has 0 saturated heterocycles. The number of carbonyl (C=O) groups is 1. The van der Waals surface area contributed by atoms with Gasteiger partial charge in [-0.3, -0.25) is 4.79 Å². The van der Waals surface area contributed by atoms with Crippen molar-refractivity contribution < 1.29 is 4.79 Å². The van der Waals surface area contributed by atoms with Crippen molar-refractivity contribution in [1.29, 1.82) is 0 Å². The first-order valence-corrected chi connectivity index (χ1v) is 5.14. The maximum atomic E-state index is 11.5. The first-order valence-electron chi connectivity index (χ1n) is 4.26. The van der Waals surface area contributed by atoms with Crippen molar-refractivity contribution in [2.45, 2.75) is 13.3 Å². The Morgan fingerprint density at radius 2 is 2.50 bits per heavy atom. The molecule has 0 radical (unpaired) electrons. The number of thiophene rings is 1. The number of hydrogen-bond donors (Lipinski definition) is 2. The third kappa shape index (κ3) is 2.79. The van der Waals surface area contributed by atoms with Crippen LogP contribution in [0, 0.1) is 11.8 Å². The molecule has 0 fully saturated rings. The fourth-order valence-electron chi connectivity index (χ4n) is 0.948. The molecule has 0 bridgehead atoms. The maximum absolute atomic E-state index is 11.5. The summed E-state index contributed by atoms with van der Waals surface area (Å²) in [7, 11) is 0. The zero-order valence-corrected chi connectivity index (χ0v) is 8.78. The molecule has 0 unspecified atom stereocenters. The van der Waals surface area contributed by atoms with Crippen LogP contribution in [0.15, 0.2) is 11.4 Å². The van der Waals surface area contributed by atoms with Crippen molar-refractivity contribution in [3.63, 3.8) is 0 Å². The Morgan fingerprint density at radius 1 is 1.71 bits per heavy atom. The quantitative estimate of drug-likeness (QED) is 0.584. The number of nitrogens with two attached hydrogens (primary N) is 1. The first-order chi connectivity index (χ1) is 6.75. The summed E-state index contributed by atoms with van der Waals surface area (Å²) in [5.41, 5.74) is 6.13. The second-order valence-electron chi connectivity index (χ2n) is 2.64. The van der Waals surface area contributed by atoms with E-state index in [1.165, 1.54) is 11.3 Å². The molecule has 0 aliphatic carbocycles. The van der Waals surface area contributed by atoms with Crippen molar-refractivity contribution in [1.82, 2.24) is 5.32 Å². The van der Waals surface area contributed by atoms with Crippen LogP contribution in [0.5, 0.6) is 0 Å². The molecule has 1 amide bonds.